The number of aryl methyl sites for hydroxylation is 1. The highest BCUT2D eigenvalue weighted by atomic mass is 35.5. The van der Waals surface area contributed by atoms with E-state index in [-0.39, 0.29) is 11.3 Å². The maximum Gasteiger partial charge on any atom is 0.253 e. The summed E-state index contributed by atoms with van der Waals surface area (Å²) in [6.45, 7) is 2.52. The van der Waals surface area contributed by atoms with E-state index in [1.54, 1.807) is 18.3 Å². The number of carbonyl (C=O) groups is 1. The van der Waals surface area contributed by atoms with Gasteiger partial charge in [-0.25, -0.2) is 0 Å². The fraction of sp³-hybridized carbons (Fsp3) is 0.571. The van der Waals surface area contributed by atoms with Crippen LogP contribution in [0.4, 0.5) is 0 Å². The third-order valence-corrected chi connectivity index (χ3v) is 4.17. The molecular weight excluding hydrogens is 248 g/mol. The van der Waals surface area contributed by atoms with Gasteiger partial charge in [-0.2, -0.15) is 0 Å². The number of halogens is 1. The molecule has 0 saturated heterocycles. The van der Waals surface area contributed by atoms with Crippen molar-refractivity contribution in [3.63, 3.8) is 0 Å². The van der Waals surface area contributed by atoms with E-state index in [4.69, 9.17) is 11.6 Å². The number of alkyl halides is 1. The van der Waals surface area contributed by atoms with Gasteiger partial charge in [0.2, 0.25) is 0 Å². The summed E-state index contributed by atoms with van der Waals surface area (Å²) >= 11 is 6.28. The summed E-state index contributed by atoms with van der Waals surface area (Å²) in [6, 6.07) is 3.59. The van der Waals surface area contributed by atoms with Crippen molar-refractivity contribution in [1.82, 2.24) is 10.3 Å². The Kier molecular flexibility index (Phi) is 4.59. The van der Waals surface area contributed by atoms with Gasteiger partial charge in [-0.1, -0.05) is 12.8 Å². The molecule has 1 aliphatic rings. The van der Waals surface area contributed by atoms with Crippen molar-refractivity contribution < 1.29 is 4.79 Å². The predicted octanol–water partition coefficient (Wildman–Crippen LogP) is 2.92. The van der Waals surface area contributed by atoms with Crippen molar-refractivity contribution in [3.05, 3.63) is 29.6 Å². The number of hydrogen-bond acceptors (Lipinski definition) is 2. The Morgan fingerprint density at radius 1 is 1.50 bits per heavy atom. The fourth-order valence-corrected chi connectivity index (χ4v) is 2.80. The van der Waals surface area contributed by atoms with Crippen LogP contribution in [-0.2, 0) is 0 Å². The molecule has 2 unspecified atom stereocenters. The summed E-state index contributed by atoms with van der Waals surface area (Å²) in [6.07, 6.45) is 6.30. The molecule has 1 fully saturated rings. The highest BCUT2D eigenvalue weighted by Crippen LogP contribution is 2.28. The van der Waals surface area contributed by atoms with Crippen molar-refractivity contribution in [2.24, 2.45) is 5.92 Å². The smallest absolute Gasteiger partial charge is 0.253 e. The molecule has 2 atom stereocenters. The Labute approximate surface area is 113 Å². The van der Waals surface area contributed by atoms with E-state index >= 15 is 0 Å². The molecule has 18 heavy (non-hydrogen) atoms. The molecule has 1 heterocycles. The minimum Gasteiger partial charge on any atom is -0.352 e. The van der Waals surface area contributed by atoms with Gasteiger partial charge in [0.1, 0.15) is 0 Å². The number of amides is 1. The van der Waals surface area contributed by atoms with E-state index in [2.05, 4.69) is 10.3 Å². The first kappa shape index (κ1) is 13.3. The molecule has 1 aliphatic carbocycles. The zero-order valence-electron chi connectivity index (χ0n) is 10.7. The lowest BCUT2D eigenvalue weighted by Gasteiger charge is -2.27. The summed E-state index contributed by atoms with van der Waals surface area (Å²) in [5, 5.41) is 3.18. The van der Waals surface area contributed by atoms with Gasteiger partial charge in [-0.15, -0.1) is 11.6 Å². The molecule has 3 nitrogen and oxygen atoms in total. The number of rotatable bonds is 3. The molecular formula is C14H19ClN2O. The zero-order valence-corrected chi connectivity index (χ0v) is 11.4. The molecule has 0 spiro atoms. The van der Waals surface area contributed by atoms with Crippen LogP contribution in [0.3, 0.4) is 0 Å². The molecule has 4 heteroatoms. The van der Waals surface area contributed by atoms with Crippen LogP contribution in [-0.4, -0.2) is 22.8 Å². The first-order chi connectivity index (χ1) is 8.68. The molecule has 1 saturated carbocycles. The first-order valence-electron chi connectivity index (χ1n) is 6.52. The standard InChI is InChI=1S/C14H19ClN2O/c1-10-12(6-4-8-16-10)14(18)17-9-11-5-2-3-7-13(11)15/h4,6,8,11,13H,2-3,5,7,9H2,1H3,(H,17,18). The second-order valence-corrected chi connectivity index (χ2v) is 5.47. The van der Waals surface area contributed by atoms with Crippen LogP contribution >= 0.6 is 11.6 Å². The minimum absolute atomic E-state index is 0.0463. The second-order valence-electron chi connectivity index (χ2n) is 4.91. The number of aromatic nitrogens is 1. The summed E-state index contributed by atoms with van der Waals surface area (Å²) < 4.78 is 0. The van der Waals surface area contributed by atoms with Crippen LogP contribution in [0.25, 0.3) is 0 Å². The third kappa shape index (κ3) is 3.22. The minimum atomic E-state index is -0.0463. The van der Waals surface area contributed by atoms with Crippen molar-refractivity contribution in [3.8, 4) is 0 Å². The lowest BCUT2D eigenvalue weighted by Crippen LogP contribution is -2.35. The summed E-state index contributed by atoms with van der Waals surface area (Å²) in [5.74, 6) is 0.358. The Bertz CT molecular complexity index is 422. The van der Waals surface area contributed by atoms with Crippen LogP contribution in [0.5, 0.6) is 0 Å². The highest BCUT2D eigenvalue weighted by molar-refractivity contribution is 6.20. The van der Waals surface area contributed by atoms with E-state index in [0.29, 0.717) is 18.0 Å². The lowest BCUT2D eigenvalue weighted by molar-refractivity contribution is 0.0943. The van der Waals surface area contributed by atoms with Gasteiger partial charge in [0.25, 0.3) is 5.91 Å². The van der Waals surface area contributed by atoms with Gasteiger partial charge in [-0.3, -0.25) is 9.78 Å². The van der Waals surface area contributed by atoms with Gasteiger partial charge >= 0.3 is 0 Å². The normalized spacial score (nSPS) is 23.7. The largest absolute Gasteiger partial charge is 0.352 e. The van der Waals surface area contributed by atoms with Crippen molar-refractivity contribution >= 4 is 17.5 Å². The molecule has 1 amide bonds. The maximum atomic E-state index is 12.0. The number of carbonyl (C=O) groups excluding carboxylic acids is 1. The molecule has 1 aromatic rings. The monoisotopic (exact) mass is 266 g/mol. The van der Waals surface area contributed by atoms with Gasteiger partial charge in [0, 0.05) is 23.8 Å². The average Bonchev–Trinajstić information content (AvgIpc) is 2.38. The average molecular weight is 267 g/mol. The third-order valence-electron chi connectivity index (χ3n) is 3.59. The van der Waals surface area contributed by atoms with Crippen molar-refractivity contribution in [2.45, 2.75) is 38.0 Å². The molecule has 1 aromatic heterocycles. The number of pyridine rings is 1. The van der Waals surface area contributed by atoms with Crippen LogP contribution in [0.1, 0.15) is 41.7 Å². The number of hydrogen-bond donors (Lipinski definition) is 1. The second kappa shape index (κ2) is 6.19. The highest BCUT2D eigenvalue weighted by Gasteiger charge is 2.23. The molecule has 0 bridgehead atoms. The predicted molar refractivity (Wildman–Crippen MR) is 72.9 cm³/mol. The van der Waals surface area contributed by atoms with Gasteiger partial charge in [0.05, 0.1) is 5.56 Å². The number of nitrogens with one attached hydrogen (secondary N) is 1. The van der Waals surface area contributed by atoms with Crippen LogP contribution in [0, 0.1) is 12.8 Å². The van der Waals surface area contributed by atoms with E-state index in [1.807, 2.05) is 6.92 Å². The molecule has 2 rings (SSSR count). The summed E-state index contributed by atoms with van der Waals surface area (Å²) in [7, 11) is 0. The van der Waals surface area contributed by atoms with E-state index in [9.17, 15) is 4.79 Å². The van der Waals surface area contributed by atoms with E-state index in [0.717, 1.165) is 18.5 Å². The Hall–Kier alpha value is -1.09. The Morgan fingerprint density at radius 2 is 2.28 bits per heavy atom. The van der Waals surface area contributed by atoms with Gasteiger partial charge in [0.15, 0.2) is 0 Å². The molecule has 1 N–H and O–H groups in total. The fourth-order valence-electron chi connectivity index (χ4n) is 2.44. The first-order valence-corrected chi connectivity index (χ1v) is 6.96. The molecule has 0 aliphatic heterocycles. The molecule has 0 radical (unpaired) electrons. The maximum absolute atomic E-state index is 12.0. The molecule has 98 valence electrons. The summed E-state index contributed by atoms with van der Waals surface area (Å²) in [5.41, 5.74) is 1.42. The van der Waals surface area contributed by atoms with Crippen molar-refractivity contribution in [1.29, 1.82) is 0 Å². The van der Waals surface area contributed by atoms with Gasteiger partial charge < -0.3 is 5.32 Å². The van der Waals surface area contributed by atoms with Crippen LogP contribution in [0.2, 0.25) is 0 Å². The number of nitrogens with zero attached hydrogens (tertiary/aromatic N) is 1. The van der Waals surface area contributed by atoms with E-state index in [1.165, 1.54) is 12.8 Å². The van der Waals surface area contributed by atoms with Crippen molar-refractivity contribution in [2.75, 3.05) is 6.54 Å². The lowest BCUT2D eigenvalue weighted by atomic mass is 9.88. The quantitative estimate of drug-likeness (QED) is 0.855. The van der Waals surface area contributed by atoms with Gasteiger partial charge in [-0.05, 0) is 37.8 Å². The topological polar surface area (TPSA) is 42.0 Å². The molecule has 0 aromatic carbocycles. The SMILES string of the molecule is Cc1ncccc1C(=O)NCC1CCCCC1Cl. The van der Waals surface area contributed by atoms with E-state index < -0.39 is 0 Å². The zero-order chi connectivity index (χ0) is 13.0. The Balaban J connectivity index is 1.90. The summed E-state index contributed by atoms with van der Waals surface area (Å²) in [4.78, 5) is 16.1. The van der Waals surface area contributed by atoms with Crippen LogP contribution in [0.15, 0.2) is 18.3 Å². The van der Waals surface area contributed by atoms with Crippen LogP contribution < -0.4 is 5.32 Å². The Morgan fingerprint density at radius 3 is 3.00 bits per heavy atom.